The summed E-state index contributed by atoms with van der Waals surface area (Å²) in [5.41, 5.74) is 6.62. The second-order valence-corrected chi connectivity index (χ2v) is 11.4. The lowest BCUT2D eigenvalue weighted by Crippen LogP contribution is -2.66. The Hall–Kier alpha value is -1.34. The van der Waals surface area contributed by atoms with E-state index in [4.69, 9.17) is 15.6 Å². The van der Waals surface area contributed by atoms with Gasteiger partial charge in [-0.15, -0.1) is 0 Å². The number of alkyl carbamates (subject to hydrolysis) is 1. The van der Waals surface area contributed by atoms with Crippen molar-refractivity contribution >= 4 is 12.1 Å². The van der Waals surface area contributed by atoms with Gasteiger partial charge in [-0.05, 0) is 93.3 Å². The van der Waals surface area contributed by atoms with Crippen molar-refractivity contribution in [3.8, 4) is 0 Å². The fourth-order valence-electron chi connectivity index (χ4n) is 8.22. The maximum atomic E-state index is 12.1. The molecule has 0 aromatic rings. The van der Waals surface area contributed by atoms with E-state index in [1.54, 1.807) is 6.92 Å². The van der Waals surface area contributed by atoms with Crippen molar-refractivity contribution in [1.29, 1.82) is 0 Å². The lowest BCUT2D eigenvalue weighted by molar-refractivity contribution is -0.157. The lowest BCUT2D eigenvalue weighted by atomic mass is 9.42. The molecule has 0 aromatic carbocycles. The van der Waals surface area contributed by atoms with E-state index in [9.17, 15) is 14.7 Å². The number of carboxylic acid groups (broad SMARTS) is 1. The van der Waals surface area contributed by atoms with Gasteiger partial charge in [-0.2, -0.15) is 0 Å². The zero-order valence-corrected chi connectivity index (χ0v) is 19.2. The van der Waals surface area contributed by atoms with Gasteiger partial charge in [0.25, 0.3) is 0 Å². The maximum Gasteiger partial charge on any atom is 0.407 e. The van der Waals surface area contributed by atoms with Gasteiger partial charge in [-0.1, -0.05) is 13.8 Å². The van der Waals surface area contributed by atoms with Crippen molar-refractivity contribution in [2.24, 2.45) is 40.2 Å². The van der Waals surface area contributed by atoms with Crippen molar-refractivity contribution in [3.63, 3.8) is 0 Å². The van der Waals surface area contributed by atoms with Crippen LogP contribution in [-0.4, -0.2) is 46.6 Å². The Balaban J connectivity index is 1.47. The first kappa shape index (κ1) is 22.8. The quantitative estimate of drug-likeness (QED) is 0.536. The number of rotatable bonds is 4. The summed E-state index contributed by atoms with van der Waals surface area (Å²) >= 11 is 0. The van der Waals surface area contributed by atoms with Crippen molar-refractivity contribution in [2.75, 3.05) is 6.61 Å². The van der Waals surface area contributed by atoms with Gasteiger partial charge in [0.1, 0.15) is 6.10 Å². The molecule has 4 fully saturated rings. The van der Waals surface area contributed by atoms with Crippen LogP contribution in [0.1, 0.15) is 78.6 Å². The summed E-state index contributed by atoms with van der Waals surface area (Å²) in [5, 5.41) is 21.6. The van der Waals surface area contributed by atoms with Gasteiger partial charge in [0.05, 0.1) is 18.6 Å². The Bertz CT molecular complexity index is 731. The van der Waals surface area contributed by atoms with Crippen molar-refractivity contribution in [2.45, 2.75) is 96.2 Å². The van der Waals surface area contributed by atoms with E-state index in [1.165, 1.54) is 0 Å². The van der Waals surface area contributed by atoms with Crippen LogP contribution in [0.5, 0.6) is 0 Å². The number of fused-ring (bicyclic) bond motifs is 5. The molecule has 0 saturated heterocycles. The molecular weight excluding hydrogens is 396 g/mol. The monoisotopic (exact) mass is 436 g/mol. The third kappa shape index (κ3) is 3.47. The van der Waals surface area contributed by atoms with E-state index >= 15 is 0 Å². The molecule has 0 spiro atoms. The number of hydrogen-bond donors (Lipinski definition) is 4. The molecule has 1 unspecified atom stereocenters. The van der Waals surface area contributed by atoms with Crippen molar-refractivity contribution in [3.05, 3.63) is 0 Å². The summed E-state index contributed by atoms with van der Waals surface area (Å²) in [6.07, 6.45) is 7.80. The van der Waals surface area contributed by atoms with Gasteiger partial charge in [0.15, 0.2) is 0 Å². The van der Waals surface area contributed by atoms with Crippen molar-refractivity contribution < 1.29 is 24.5 Å². The largest absolute Gasteiger partial charge is 0.481 e. The number of carbonyl (C=O) groups is 2. The van der Waals surface area contributed by atoms with Crippen molar-refractivity contribution in [1.82, 2.24) is 5.32 Å². The zero-order chi connectivity index (χ0) is 22.6. The SMILES string of the molecule is CC(CO)NC(=O)O[C@H]1CC[C@@]2(C)[C@H](CC[C@@H]3[C@@H]2CC[C@]2(C)[C@@H](C(=O)O)CC[C@]32N)C1. The normalized spacial score (nSPS) is 47.5. The first-order chi connectivity index (χ1) is 14.5. The van der Waals surface area contributed by atoms with Gasteiger partial charge >= 0.3 is 12.1 Å². The summed E-state index contributed by atoms with van der Waals surface area (Å²) in [4.78, 5) is 24.1. The Kier molecular flexibility index (Phi) is 5.83. The molecule has 4 aliphatic rings. The Morgan fingerprint density at radius 3 is 2.52 bits per heavy atom. The van der Waals surface area contributed by atoms with Gasteiger partial charge < -0.3 is 26.0 Å². The molecule has 4 aliphatic carbocycles. The number of carbonyl (C=O) groups excluding carboxylic acids is 1. The van der Waals surface area contributed by atoms with E-state index < -0.39 is 12.1 Å². The predicted octanol–water partition coefficient (Wildman–Crippen LogP) is 3.29. The van der Waals surface area contributed by atoms with Crippen LogP contribution in [0, 0.1) is 34.5 Å². The van der Waals surface area contributed by atoms with E-state index in [-0.39, 0.29) is 41.0 Å². The maximum absolute atomic E-state index is 12.1. The molecule has 4 saturated carbocycles. The predicted molar refractivity (Wildman–Crippen MR) is 116 cm³/mol. The number of amides is 1. The van der Waals surface area contributed by atoms with E-state index in [0.717, 1.165) is 51.4 Å². The Morgan fingerprint density at radius 2 is 1.84 bits per heavy atom. The summed E-state index contributed by atoms with van der Waals surface area (Å²) in [6, 6.07) is -0.310. The number of nitrogens with two attached hydrogens (primary N) is 1. The van der Waals surface area contributed by atoms with Gasteiger partial charge in [0, 0.05) is 5.54 Å². The van der Waals surface area contributed by atoms with Crippen LogP contribution in [-0.2, 0) is 9.53 Å². The van der Waals surface area contributed by atoms with Crippen LogP contribution in [0.2, 0.25) is 0 Å². The molecule has 0 heterocycles. The second-order valence-electron chi connectivity index (χ2n) is 11.4. The zero-order valence-electron chi connectivity index (χ0n) is 19.2. The summed E-state index contributed by atoms with van der Waals surface area (Å²) < 4.78 is 5.69. The number of hydrogen-bond acceptors (Lipinski definition) is 5. The van der Waals surface area contributed by atoms with E-state index in [0.29, 0.717) is 24.2 Å². The molecule has 5 N–H and O–H groups in total. The molecule has 0 aromatic heterocycles. The summed E-state index contributed by atoms with van der Waals surface area (Å²) in [5.74, 6) is 0.386. The summed E-state index contributed by atoms with van der Waals surface area (Å²) in [6.45, 7) is 6.19. The molecule has 31 heavy (non-hydrogen) atoms. The molecule has 0 aliphatic heterocycles. The minimum Gasteiger partial charge on any atom is -0.481 e. The lowest BCUT2D eigenvalue weighted by Gasteiger charge is -2.64. The average molecular weight is 437 g/mol. The molecule has 7 heteroatoms. The molecule has 1 amide bonds. The first-order valence-electron chi connectivity index (χ1n) is 12.1. The minimum absolute atomic E-state index is 0.0796. The van der Waals surface area contributed by atoms with Gasteiger partial charge in [-0.3, -0.25) is 4.79 Å². The molecule has 0 bridgehead atoms. The smallest absolute Gasteiger partial charge is 0.407 e. The van der Waals surface area contributed by atoms with E-state index in [1.807, 2.05) is 0 Å². The van der Waals surface area contributed by atoms with Gasteiger partial charge in [0.2, 0.25) is 0 Å². The fourth-order valence-corrected chi connectivity index (χ4v) is 8.22. The highest BCUT2D eigenvalue weighted by molar-refractivity contribution is 5.72. The second kappa shape index (κ2) is 7.91. The number of carboxylic acids is 1. The molecule has 7 nitrogen and oxygen atoms in total. The van der Waals surface area contributed by atoms with Crippen LogP contribution in [0.15, 0.2) is 0 Å². The van der Waals surface area contributed by atoms with Gasteiger partial charge in [-0.25, -0.2) is 4.79 Å². The van der Waals surface area contributed by atoms with Crippen LogP contribution >= 0.6 is 0 Å². The number of ether oxygens (including phenoxy) is 1. The molecule has 4 rings (SSSR count). The number of nitrogens with one attached hydrogen (secondary N) is 1. The van der Waals surface area contributed by atoms with E-state index in [2.05, 4.69) is 19.2 Å². The summed E-state index contributed by atoms with van der Waals surface area (Å²) in [7, 11) is 0. The fraction of sp³-hybridized carbons (Fsp3) is 0.917. The van der Waals surface area contributed by atoms with Crippen LogP contribution in [0.3, 0.4) is 0 Å². The Labute approximate surface area is 185 Å². The minimum atomic E-state index is -0.681. The highest BCUT2D eigenvalue weighted by Crippen LogP contribution is 2.68. The number of aliphatic hydroxyl groups excluding tert-OH is 1. The first-order valence-corrected chi connectivity index (χ1v) is 12.1. The van der Waals surface area contributed by atoms with Crippen LogP contribution in [0.4, 0.5) is 4.79 Å². The number of aliphatic carboxylic acids is 1. The third-order valence-electron chi connectivity index (χ3n) is 10.2. The highest BCUT2D eigenvalue weighted by atomic mass is 16.6. The van der Waals surface area contributed by atoms with Crippen LogP contribution in [0.25, 0.3) is 0 Å². The molecule has 176 valence electrons. The topological polar surface area (TPSA) is 122 Å². The highest BCUT2D eigenvalue weighted by Gasteiger charge is 2.67. The average Bonchev–Trinajstić information content (AvgIpc) is 2.99. The molecule has 0 radical (unpaired) electrons. The number of aliphatic hydroxyl groups is 1. The molecule has 9 atom stereocenters. The third-order valence-corrected chi connectivity index (χ3v) is 10.2. The molecular formula is C24H40N2O5. The standard InChI is InChI=1S/C24H40N2O5/c1-14(13-27)26-21(30)31-16-6-9-22(2)15(12-16)4-5-18-17(22)7-10-23(3)19(20(28)29)8-11-24(18,23)25/h14-19,27H,4-13,25H2,1-3H3,(H,26,30)(H,28,29)/t14?,15-,16+,17+,18-,19-,22+,23-,24+/m1/s1. The Morgan fingerprint density at radius 1 is 1.10 bits per heavy atom. The van der Waals surface area contributed by atoms with Crippen LogP contribution < -0.4 is 11.1 Å².